The Bertz CT molecular complexity index is 1350. The number of benzene rings is 3. The van der Waals surface area contributed by atoms with Gasteiger partial charge in [0.05, 0.1) is 11.5 Å². The molecule has 32 heavy (non-hydrogen) atoms. The van der Waals surface area contributed by atoms with E-state index in [1.165, 1.54) is 6.07 Å². The molecule has 5 nitrogen and oxygen atoms in total. The number of nitrogens with zero attached hydrogens (tertiary/aromatic N) is 1. The van der Waals surface area contributed by atoms with Crippen molar-refractivity contribution in [3.05, 3.63) is 92.7 Å². The van der Waals surface area contributed by atoms with Crippen LogP contribution in [0.3, 0.4) is 0 Å². The molecule has 1 saturated heterocycles. The number of carbonyl (C=O) groups excluding carboxylic acids is 1. The summed E-state index contributed by atoms with van der Waals surface area (Å²) in [5.41, 5.74) is 1.20. The van der Waals surface area contributed by atoms with Crippen molar-refractivity contribution in [2.45, 2.75) is 25.5 Å². The van der Waals surface area contributed by atoms with Crippen molar-refractivity contribution in [2.75, 3.05) is 13.2 Å². The van der Waals surface area contributed by atoms with E-state index in [1.54, 1.807) is 23.1 Å². The van der Waals surface area contributed by atoms with Gasteiger partial charge in [0.1, 0.15) is 5.58 Å². The molecule has 1 fully saturated rings. The zero-order valence-corrected chi connectivity index (χ0v) is 19.0. The summed E-state index contributed by atoms with van der Waals surface area (Å²) in [6, 6.07) is 20.7. The first-order valence-corrected chi connectivity index (χ1v) is 11.5. The molecule has 2 heterocycles. The Hall–Kier alpha value is -2.96. The van der Waals surface area contributed by atoms with Crippen LogP contribution in [0.2, 0.25) is 0 Å². The van der Waals surface area contributed by atoms with E-state index < -0.39 is 0 Å². The fraction of sp³-hybridized carbons (Fsp3) is 0.231. The number of ether oxygens (including phenoxy) is 1. The molecule has 1 aromatic heterocycles. The Kier molecular flexibility index (Phi) is 5.81. The summed E-state index contributed by atoms with van der Waals surface area (Å²) in [7, 11) is 0. The van der Waals surface area contributed by atoms with Crippen LogP contribution in [0, 0.1) is 0 Å². The first-order chi connectivity index (χ1) is 15.6. The van der Waals surface area contributed by atoms with Gasteiger partial charge in [-0.2, -0.15) is 0 Å². The van der Waals surface area contributed by atoms with Gasteiger partial charge in [-0.3, -0.25) is 9.59 Å². The largest absolute Gasteiger partial charge is 0.451 e. The van der Waals surface area contributed by atoms with E-state index in [0.29, 0.717) is 30.7 Å². The second-order valence-electron chi connectivity index (χ2n) is 8.07. The minimum atomic E-state index is -0.313. The van der Waals surface area contributed by atoms with E-state index in [-0.39, 0.29) is 23.2 Å². The number of halogens is 1. The van der Waals surface area contributed by atoms with E-state index in [1.807, 2.05) is 24.3 Å². The first-order valence-electron chi connectivity index (χ1n) is 10.7. The van der Waals surface area contributed by atoms with Gasteiger partial charge in [0.15, 0.2) is 11.2 Å². The molecule has 0 aliphatic carbocycles. The van der Waals surface area contributed by atoms with Crippen molar-refractivity contribution < 1.29 is 13.9 Å². The third kappa shape index (κ3) is 4.20. The van der Waals surface area contributed by atoms with E-state index >= 15 is 0 Å². The highest BCUT2D eigenvalue weighted by atomic mass is 79.9. The molecule has 3 aromatic carbocycles. The molecule has 0 radical (unpaired) electrons. The Morgan fingerprint density at radius 1 is 1.03 bits per heavy atom. The van der Waals surface area contributed by atoms with Gasteiger partial charge in [0.2, 0.25) is 0 Å². The van der Waals surface area contributed by atoms with Crippen molar-refractivity contribution in [2.24, 2.45) is 0 Å². The standard InChI is InChI=1S/C26H22BrNO4/c27-19-10-11-22-23(29)14-25(32-24(22)13-19)26(30)28(16-20-8-4-12-31-20)15-18-7-3-6-17-5-1-2-9-21(17)18/h1-3,5-7,9-11,13-14,20H,4,8,12,15-16H2/t20-/m1/s1. The van der Waals surface area contributed by atoms with Crippen LogP contribution < -0.4 is 5.43 Å². The molecule has 1 atom stereocenters. The van der Waals surface area contributed by atoms with E-state index in [9.17, 15) is 9.59 Å². The number of hydrogen-bond acceptors (Lipinski definition) is 4. The summed E-state index contributed by atoms with van der Waals surface area (Å²) in [4.78, 5) is 28.0. The fourth-order valence-electron chi connectivity index (χ4n) is 4.28. The highest BCUT2D eigenvalue weighted by Gasteiger charge is 2.26. The van der Waals surface area contributed by atoms with Crippen molar-refractivity contribution >= 4 is 43.6 Å². The predicted octanol–water partition coefficient (Wildman–Crippen LogP) is 5.53. The first kappa shape index (κ1) is 20.9. The number of carbonyl (C=O) groups is 1. The Morgan fingerprint density at radius 3 is 2.72 bits per heavy atom. The maximum atomic E-state index is 13.6. The molecule has 1 aliphatic heterocycles. The topological polar surface area (TPSA) is 59.8 Å². The maximum Gasteiger partial charge on any atom is 0.290 e. The van der Waals surface area contributed by atoms with Crippen LogP contribution in [0.5, 0.6) is 0 Å². The minimum Gasteiger partial charge on any atom is -0.451 e. The molecule has 162 valence electrons. The third-order valence-electron chi connectivity index (χ3n) is 5.88. The molecule has 1 amide bonds. The van der Waals surface area contributed by atoms with Crippen LogP contribution in [-0.2, 0) is 11.3 Å². The highest BCUT2D eigenvalue weighted by Crippen LogP contribution is 2.24. The maximum absolute atomic E-state index is 13.6. The lowest BCUT2D eigenvalue weighted by Gasteiger charge is -2.26. The van der Waals surface area contributed by atoms with Crippen molar-refractivity contribution in [3.63, 3.8) is 0 Å². The Morgan fingerprint density at radius 2 is 1.88 bits per heavy atom. The van der Waals surface area contributed by atoms with Crippen LogP contribution in [0.1, 0.15) is 29.0 Å². The van der Waals surface area contributed by atoms with Gasteiger partial charge in [-0.15, -0.1) is 0 Å². The second-order valence-corrected chi connectivity index (χ2v) is 8.99. The molecule has 1 aliphatic rings. The van der Waals surface area contributed by atoms with Gasteiger partial charge in [-0.25, -0.2) is 0 Å². The molecule has 4 aromatic rings. The van der Waals surface area contributed by atoms with Crippen LogP contribution in [0.4, 0.5) is 0 Å². The molecule has 0 saturated carbocycles. The quantitative estimate of drug-likeness (QED) is 0.368. The SMILES string of the molecule is O=C(c1cc(=O)c2ccc(Br)cc2o1)N(Cc1cccc2ccccc12)C[C@H]1CCCO1. The number of rotatable bonds is 5. The molecule has 0 spiro atoms. The summed E-state index contributed by atoms with van der Waals surface area (Å²) in [6.45, 7) is 1.56. The van der Waals surface area contributed by atoms with Gasteiger partial charge in [0.25, 0.3) is 5.91 Å². The molecule has 6 heteroatoms. The van der Waals surface area contributed by atoms with Gasteiger partial charge in [0, 0.05) is 30.2 Å². The summed E-state index contributed by atoms with van der Waals surface area (Å²) in [6.07, 6.45) is 1.88. The lowest BCUT2D eigenvalue weighted by Crippen LogP contribution is -2.37. The second kappa shape index (κ2) is 8.88. The van der Waals surface area contributed by atoms with Gasteiger partial charge < -0.3 is 14.1 Å². The van der Waals surface area contributed by atoms with Crippen LogP contribution in [-0.4, -0.2) is 30.1 Å². The molecule has 0 N–H and O–H groups in total. The normalized spacial score (nSPS) is 16.0. The summed E-state index contributed by atoms with van der Waals surface area (Å²) in [5.74, 6) is -0.272. The Labute approximate surface area is 193 Å². The molecule has 0 bridgehead atoms. The monoisotopic (exact) mass is 491 g/mol. The molecular formula is C26H22BrNO4. The summed E-state index contributed by atoms with van der Waals surface area (Å²) in [5, 5.41) is 2.67. The van der Waals surface area contributed by atoms with Gasteiger partial charge >= 0.3 is 0 Å². The Balaban J connectivity index is 1.53. The molecule has 0 unspecified atom stereocenters. The average Bonchev–Trinajstić information content (AvgIpc) is 3.31. The fourth-order valence-corrected chi connectivity index (χ4v) is 4.62. The predicted molar refractivity (Wildman–Crippen MR) is 128 cm³/mol. The van der Waals surface area contributed by atoms with Crippen molar-refractivity contribution in [1.29, 1.82) is 0 Å². The van der Waals surface area contributed by atoms with E-state index in [0.717, 1.165) is 33.7 Å². The average molecular weight is 492 g/mol. The van der Waals surface area contributed by atoms with Crippen LogP contribution in [0.15, 0.2) is 80.4 Å². The van der Waals surface area contributed by atoms with Crippen molar-refractivity contribution in [3.8, 4) is 0 Å². The zero-order valence-electron chi connectivity index (χ0n) is 17.4. The van der Waals surface area contributed by atoms with Crippen LogP contribution >= 0.6 is 15.9 Å². The number of fused-ring (bicyclic) bond motifs is 2. The highest BCUT2D eigenvalue weighted by molar-refractivity contribution is 9.10. The smallest absolute Gasteiger partial charge is 0.290 e. The molecule has 5 rings (SSSR count). The van der Waals surface area contributed by atoms with Gasteiger partial charge in [-0.1, -0.05) is 58.4 Å². The minimum absolute atomic E-state index is 0.0183. The third-order valence-corrected chi connectivity index (χ3v) is 6.37. The lowest BCUT2D eigenvalue weighted by molar-refractivity contribution is 0.0485. The molecular weight excluding hydrogens is 470 g/mol. The van der Waals surface area contributed by atoms with E-state index in [2.05, 4.69) is 34.1 Å². The summed E-state index contributed by atoms with van der Waals surface area (Å²) < 4.78 is 12.5. The number of amides is 1. The van der Waals surface area contributed by atoms with Gasteiger partial charge in [-0.05, 0) is 47.4 Å². The number of hydrogen-bond donors (Lipinski definition) is 0. The van der Waals surface area contributed by atoms with Crippen LogP contribution in [0.25, 0.3) is 21.7 Å². The lowest BCUT2D eigenvalue weighted by atomic mass is 10.0. The van der Waals surface area contributed by atoms with Crippen molar-refractivity contribution in [1.82, 2.24) is 4.90 Å². The summed E-state index contributed by atoms with van der Waals surface area (Å²) >= 11 is 3.40. The van der Waals surface area contributed by atoms with E-state index in [4.69, 9.17) is 9.15 Å². The zero-order chi connectivity index (χ0) is 22.1.